The Morgan fingerprint density at radius 2 is 2.00 bits per heavy atom. The third-order valence-electron chi connectivity index (χ3n) is 2.64. The summed E-state index contributed by atoms with van der Waals surface area (Å²) in [6.07, 6.45) is 1.26. The van der Waals surface area contributed by atoms with Crippen LogP contribution in [-0.4, -0.2) is 6.04 Å². The van der Waals surface area contributed by atoms with Crippen LogP contribution in [0.2, 0.25) is 0 Å². The molecule has 1 aliphatic heterocycles. The third kappa shape index (κ3) is 1.05. The van der Waals surface area contributed by atoms with E-state index in [-0.39, 0.29) is 0 Å². The Balaban J connectivity index is 2.72. The van der Waals surface area contributed by atoms with Crippen molar-refractivity contribution in [3.8, 4) is 0 Å². The molecule has 0 aromatic rings. The van der Waals surface area contributed by atoms with Crippen molar-refractivity contribution in [3.63, 3.8) is 0 Å². The zero-order valence-corrected chi connectivity index (χ0v) is 7.36. The molecule has 1 aliphatic rings. The molecule has 0 spiro atoms. The number of rotatable bonds is 1. The van der Waals surface area contributed by atoms with Crippen molar-refractivity contribution < 1.29 is 0 Å². The van der Waals surface area contributed by atoms with Gasteiger partial charge in [-0.05, 0) is 32.8 Å². The first-order valence-corrected chi connectivity index (χ1v) is 4.10. The standard InChI is InChI=1S/C9H17N/c1-5-9-6(2)7(3)10-8(9)4/h8-10H,5H2,1-4H3. The number of hydrogen-bond acceptors (Lipinski definition) is 1. The van der Waals surface area contributed by atoms with Crippen molar-refractivity contribution in [2.45, 2.75) is 40.2 Å². The lowest BCUT2D eigenvalue weighted by molar-refractivity contribution is 0.485. The van der Waals surface area contributed by atoms with E-state index in [1.165, 1.54) is 12.1 Å². The van der Waals surface area contributed by atoms with Gasteiger partial charge in [-0.3, -0.25) is 0 Å². The van der Waals surface area contributed by atoms with Gasteiger partial charge in [0, 0.05) is 17.7 Å². The fourth-order valence-corrected chi connectivity index (χ4v) is 1.87. The van der Waals surface area contributed by atoms with Crippen LogP contribution in [-0.2, 0) is 0 Å². The summed E-state index contributed by atoms with van der Waals surface area (Å²) >= 11 is 0. The van der Waals surface area contributed by atoms with E-state index >= 15 is 0 Å². The van der Waals surface area contributed by atoms with E-state index in [0.717, 1.165) is 5.92 Å². The van der Waals surface area contributed by atoms with Crippen LogP contribution in [0.25, 0.3) is 0 Å². The molecule has 0 amide bonds. The van der Waals surface area contributed by atoms with Crippen LogP contribution in [0.15, 0.2) is 11.3 Å². The fourth-order valence-electron chi connectivity index (χ4n) is 1.87. The molecule has 58 valence electrons. The van der Waals surface area contributed by atoms with E-state index in [0.29, 0.717) is 6.04 Å². The number of hydrogen-bond donors (Lipinski definition) is 1. The minimum atomic E-state index is 0.657. The van der Waals surface area contributed by atoms with Gasteiger partial charge in [-0.2, -0.15) is 0 Å². The Labute approximate surface area is 63.5 Å². The zero-order valence-electron chi connectivity index (χ0n) is 7.36. The van der Waals surface area contributed by atoms with Gasteiger partial charge in [-0.25, -0.2) is 0 Å². The van der Waals surface area contributed by atoms with Crippen molar-refractivity contribution in [1.29, 1.82) is 0 Å². The van der Waals surface area contributed by atoms with Gasteiger partial charge in [-0.15, -0.1) is 0 Å². The van der Waals surface area contributed by atoms with E-state index in [1.807, 2.05) is 0 Å². The lowest BCUT2D eigenvalue weighted by Crippen LogP contribution is -2.24. The van der Waals surface area contributed by atoms with Crippen LogP contribution >= 0.6 is 0 Å². The molecule has 0 fully saturated rings. The summed E-state index contributed by atoms with van der Waals surface area (Å²) in [5.41, 5.74) is 2.94. The Morgan fingerprint density at radius 1 is 1.40 bits per heavy atom. The molecule has 1 nitrogen and oxygen atoms in total. The summed E-state index contributed by atoms with van der Waals surface area (Å²) in [4.78, 5) is 0. The van der Waals surface area contributed by atoms with Gasteiger partial charge in [0.15, 0.2) is 0 Å². The molecule has 1 heteroatoms. The van der Waals surface area contributed by atoms with Gasteiger partial charge >= 0.3 is 0 Å². The summed E-state index contributed by atoms with van der Waals surface area (Å²) in [6.45, 7) is 8.92. The van der Waals surface area contributed by atoms with Gasteiger partial charge < -0.3 is 5.32 Å². The molecule has 0 radical (unpaired) electrons. The average molecular weight is 139 g/mol. The van der Waals surface area contributed by atoms with Crippen LogP contribution in [0.4, 0.5) is 0 Å². The second-order valence-electron chi connectivity index (χ2n) is 3.26. The SMILES string of the molecule is CCC1C(C)=C(C)NC1C. The van der Waals surface area contributed by atoms with Crippen LogP contribution in [0, 0.1) is 5.92 Å². The van der Waals surface area contributed by atoms with Gasteiger partial charge in [0.05, 0.1) is 0 Å². The molecular formula is C9H17N. The maximum absolute atomic E-state index is 3.45. The fraction of sp³-hybridized carbons (Fsp3) is 0.778. The first-order valence-electron chi connectivity index (χ1n) is 4.10. The third-order valence-corrected chi connectivity index (χ3v) is 2.64. The highest BCUT2D eigenvalue weighted by Crippen LogP contribution is 2.27. The van der Waals surface area contributed by atoms with Crippen molar-refractivity contribution in [1.82, 2.24) is 5.32 Å². The van der Waals surface area contributed by atoms with Gasteiger partial charge in [0.1, 0.15) is 0 Å². The summed E-state index contributed by atoms with van der Waals surface area (Å²) in [7, 11) is 0. The van der Waals surface area contributed by atoms with Crippen molar-refractivity contribution in [2.24, 2.45) is 5.92 Å². The summed E-state index contributed by atoms with van der Waals surface area (Å²) < 4.78 is 0. The molecule has 0 aliphatic carbocycles. The molecule has 2 atom stereocenters. The minimum Gasteiger partial charge on any atom is -0.386 e. The summed E-state index contributed by atoms with van der Waals surface area (Å²) in [5, 5.41) is 3.45. The van der Waals surface area contributed by atoms with Crippen molar-refractivity contribution in [2.75, 3.05) is 0 Å². The Hall–Kier alpha value is -0.460. The Kier molecular flexibility index (Phi) is 2.02. The van der Waals surface area contributed by atoms with E-state index in [2.05, 4.69) is 33.0 Å². The molecule has 10 heavy (non-hydrogen) atoms. The largest absolute Gasteiger partial charge is 0.386 e. The molecule has 2 unspecified atom stereocenters. The maximum Gasteiger partial charge on any atom is 0.0295 e. The number of allylic oxidation sites excluding steroid dienone is 1. The van der Waals surface area contributed by atoms with E-state index < -0.39 is 0 Å². The van der Waals surface area contributed by atoms with Gasteiger partial charge in [-0.1, -0.05) is 6.92 Å². The first-order chi connectivity index (χ1) is 4.66. The van der Waals surface area contributed by atoms with E-state index in [4.69, 9.17) is 0 Å². The molecule has 0 saturated heterocycles. The van der Waals surface area contributed by atoms with Crippen molar-refractivity contribution in [3.05, 3.63) is 11.3 Å². The summed E-state index contributed by atoms with van der Waals surface area (Å²) in [5.74, 6) is 0.778. The van der Waals surface area contributed by atoms with E-state index in [1.54, 1.807) is 5.57 Å². The highest BCUT2D eigenvalue weighted by molar-refractivity contribution is 5.20. The molecule has 1 heterocycles. The predicted octanol–water partition coefficient (Wildman–Crippen LogP) is 2.30. The molecule has 0 aromatic carbocycles. The van der Waals surface area contributed by atoms with Crippen LogP contribution in [0.5, 0.6) is 0 Å². The van der Waals surface area contributed by atoms with Crippen molar-refractivity contribution >= 4 is 0 Å². The van der Waals surface area contributed by atoms with Crippen LogP contribution < -0.4 is 5.32 Å². The molecule has 1 N–H and O–H groups in total. The first kappa shape index (κ1) is 7.64. The lowest BCUT2D eigenvalue weighted by Gasteiger charge is -2.14. The second kappa shape index (κ2) is 2.65. The Bertz CT molecular complexity index is 158. The topological polar surface area (TPSA) is 12.0 Å². The predicted molar refractivity (Wildman–Crippen MR) is 44.8 cm³/mol. The molecule has 0 bridgehead atoms. The monoisotopic (exact) mass is 139 g/mol. The molecule has 1 rings (SSSR count). The molecule has 0 aromatic heterocycles. The lowest BCUT2D eigenvalue weighted by atomic mass is 9.94. The van der Waals surface area contributed by atoms with Gasteiger partial charge in [0.2, 0.25) is 0 Å². The normalized spacial score (nSPS) is 32.8. The summed E-state index contributed by atoms with van der Waals surface area (Å²) in [6, 6.07) is 0.657. The number of nitrogens with one attached hydrogen (secondary N) is 1. The minimum absolute atomic E-state index is 0.657. The second-order valence-corrected chi connectivity index (χ2v) is 3.26. The van der Waals surface area contributed by atoms with Crippen LogP contribution in [0.3, 0.4) is 0 Å². The van der Waals surface area contributed by atoms with Gasteiger partial charge in [0.25, 0.3) is 0 Å². The molecular weight excluding hydrogens is 122 g/mol. The smallest absolute Gasteiger partial charge is 0.0295 e. The highest BCUT2D eigenvalue weighted by Gasteiger charge is 2.24. The highest BCUT2D eigenvalue weighted by atomic mass is 15.0. The Morgan fingerprint density at radius 3 is 2.20 bits per heavy atom. The quantitative estimate of drug-likeness (QED) is 0.587. The average Bonchev–Trinajstić information content (AvgIpc) is 2.09. The zero-order chi connectivity index (χ0) is 7.72. The molecule has 0 saturated carbocycles. The maximum atomic E-state index is 3.45. The van der Waals surface area contributed by atoms with E-state index in [9.17, 15) is 0 Å². The van der Waals surface area contributed by atoms with Crippen LogP contribution in [0.1, 0.15) is 34.1 Å².